The van der Waals surface area contributed by atoms with Gasteiger partial charge in [0.15, 0.2) is 0 Å². The van der Waals surface area contributed by atoms with Crippen LogP contribution in [0.15, 0.2) is 48.5 Å². The Balaban J connectivity index is 2.15. The van der Waals surface area contributed by atoms with Gasteiger partial charge in [0.1, 0.15) is 5.75 Å². The normalized spacial score (nSPS) is 11.2. The Morgan fingerprint density at radius 3 is 2.17 bits per heavy atom. The predicted molar refractivity (Wildman–Crippen MR) is 85.9 cm³/mol. The van der Waals surface area contributed by atoms with Crippen LogP contribution in [0, 0.1) is 0 Å². The fourth-order valence-corrected chi connectivity index (χ4v) is 2.44. The first kappa shape index (κ1) is 17.7. The monoisotopic (exact) mass is 356 g/mol. The molecule has 0 spiro atoms. The number of amides is 1. The number of rotatable bonds is 6. The van der Waals surface area contributed by atoms with Crippen molar-refractivity contribution in [3.8, 4) is 5.75 Å². The Labute approximate surface area is 137 Å². The number of para-hydroxylation sites is 2. The van der Waals surface area contributed by atoms with Gasteiger partial charge in [0.05, 0.1) is 17.6 Å². The number of benzene rings is 2. The molecular formula is C15H14F2N2O4S. The Morgan fingerprint density at radius 2 is 1.62 bits per heavy atom. The van der Waals surface area contributed by atoms with Crippen molar-refractivity contribution in [1.82, 2.24) is 0 Å². The molecule has 24 heavy (non-hydrogen) atoms. The first-order valence-corrected chi connectivity index (χ1v) is 8.57. The SMILES string of the molecule is CS(=O)(=O)Nc1ccccc1NC(=O)c1ccc(OC(F)F)cc1. The maximum Gasteiger partial charge on any atom is 0.387 e. The van der Waals surface area contributed by atoms with E-state index < -0.39 is 22.5 Å². The average Bonchev–Trinajstić information content (AvgIpc) is 2.48. The van der Waals surface area contributed by atoms with E-state index in [0.717, 1.165) is 6.26 Å². The van der Waals surface area contributed by atoms with Crippen molar-refractivity contribution in [3.63, 3.8) is 0 Å². The van der Waals surface area contributed by atoms with Crippen LogP contribution >= 0.6 is 0 Å². The van der Waals surface area contributed by atoms with Gasteiger partial charge in [-0.25, -0.2) is 8.42 Å². The molecule has 6 nitrogen and oxygen atoms in total. The molecule has 1 amide bonds. The molecule has 2 aromatic rings. The van der Waals surface area contributed by atoms with E-state index in [0.29, 0.717) is 0 Å². The van der Waals surface area contributed by atoms with Crippen molar-refractivity contribution in [2.75, 3.05) is 16.3 Å². The molecule has 0 saturated carbocycles. The molecule has 2 N–H and O–H groups in total. The third kappa shape index (κ3) is 5.20. The zero-order valence-electron chi connectivity index (χ0n) is 12.5. The van der Waals surface area contributed by atoms with Gasteiger partial charge in [-0.1, -0.05) is 12.1 Å². The van der Waals surface area contributed by atoms with Crippen molar-refractivity contribution >= 4 is 27.3 Å². The second kappa shape index (κ2) is 7.26. The van der Waals surface area contributed by atoms with Crippen molar-refractivity contribution < 1.29 is 26.7 Å². The summed E-state index contributed by atoms with van der Waals surface area (Å²) in [6.07, 6.45) is 0.993. The van der Waals surface area contributed by atoms with E-state index in [4.69, 9.17) is 0 Å². The third-order valence-corrected chi connectivity index (χ3v) is 3.40. The molecule has 0 aliphatic rings. The van der Waals surface area contributed by atoms with Crippen molar-refractivity contribution in [2.24, 2.45) is 0 Å². The number of anilines is 2. The van der Waals surface area contributed by atoms with Gasteiger partial charge in [-0.15, -0.1) is 0 Å². The highest BCUT2D eigenvalue weighted by atomic mass is 32.2. The molecule has 0 fully saturated rings. The Bertz CT molecular complexity index is 824. The number of carbonyl (C=O) groups is 1. The van der Waals surface area contributed by atoms with Gasteiger partial charge in [-0.2, -0.15) is 8.78 Å². The predicted octanol–water partition coefficient (Wildman–Crippen LogP) is 2.91. The van der Waals surface area contributed by atoms with Gasteiger partial charge in [0.2, 0.25) is 10.0 Å². The molecule has 0 saturated heterocycles. The third-order valence-electron chi connectivity index (χ3n) is 2.81. The fraction of sp³-hybridized carbons (Fsp3) is 0.133. The van der Waals surface area contributed by atoms with Crippen LogP contribution in [0.1, 0.15) is 10.4 Å². The second-order valence-corrected chi connectivity index (χ2v) is 6.53. The van der Waals surface area contributed by atoms with Crippen LogP contribution in [0.4, 0.5) is 20.2 Å². The number of hydrogen-bond acceptors (Lipinski definition) is 4. The number of nitrogens with one attached hydrogen (secondary N) is 2. The van der Waals surface area contributed by atoms with Crippen LogP contribution in [0.25, 0.3) is 0 Å². The molecule has 0 heterocycles. The zero-order chi connectivity index (χ0) is 17.7. The highest BCUT2D eigenvalue weighted by molar-refractivity contribution is 7.92. The molecule has 2 rings (SSSR count). The lowest BCUT2D eigenvalue weighted by atomic mass is 10.2. The lowest BCUT2D eigenvalue weighted by Crippen LogP contribution is -2.16. The molecule has 0 radical (unpaired) electrons. The van der Waals surface area contributed by atoms with E-state index in [1.807, 2.05) is 0 Å². The van der Waals surface area contributed by atoms with Gasteiger partial charge in [0, 0.05) is 5.56 Å². The maximum absolute atomic E-state index is 12.2. The van der Waals surface area contributed by atoms with E-state index in [2.05, 4.69) is 14.8 Å². The van der Waals surface area contributed by atoms with Crippen molar-refractivity contribution in [1.29, 1.82) is 0 Å². The van der Waals surface area contributed by atoms with Crippen LogP contribution < -0.4 is 14.8 Å². The molecule has 0 aliphatic carbocycles. The van der Waals surface area contributed by atoms with E-state index in [1.165, 1.54) is 36.4 Å². The van der Waals surface area contributed by atoms with Crippen LogP contribution in [-0.2, 0) is 10.0 Å². The van der Waals surface area contributed by atoms with Gasteiger partial charge < -0.3 is 10.1 Å². The lowest BCUT2D eigenvalue weighted by Gasteiger charge is -2.12. The van der Waals surface area contributed by atoms with E-state index in [1.54, 1.807) is 12.1 Å². The number of carbonyl (C=O) groups excluding carboxylic acids is 1. The maximum atomic E-state index is 12.2. The van der Waals surface area contributed by atoms with E-state index >= 15 is 0 Å². The summed E-state index contributed by atoms with van der Waals surface area (Å²) in [4.78, 5) is 12.2. The summed E-state index contributed by atoms with van der Waals surface area (Å²) in [5, 5.41) is 2.55. The summed E-state index contributed by atoms with van der Waals surface area (Å²) in [6.45, 7) is -2.95. The van der Waals surface area contributed by atoms with Crippen LogP contribution in [0.2, 0.25) is 0 Å². The molecule has 9 heteroatoms. The first-order chi connectivity index (χ1) is 11.2. The van der Waals surface area contributed by atoms with E-state index in [9.17, 15) is 22.0 Å². The number of hydrogen-bond donors (Lipinski definition) is 2. The highest BCUT2D eigenvalue weighted by Gasteiger charge is 2.12. The van der Waals surface area contributed by atoms with Gasteiger partial charge >= 0.3 is 6.61 Å². The Morgan fingerprint density at radius 1 is 1.04 bits per heavy atom. The minimum atomic E-state index is -3.51. The zero-order valence-corrected chi connectivity index (χ0v) is 13.3. The quantitative estimate of drug-likeness (QED) is 0.833. The Kier molecular flexibility index (Phi) is 5.35. The van der Waals surface area contributed by atoms with Crippen LogP contribution in [-0.4, -0.2) is 27.2 Å². The summed E-state index contributed by atoms with van der Waals surface area (Å²) in [5.41, 5.74) is 0.678. The number of ether oxygens (including phenoxy) is 1. The first-order valence-electron chi connectivity index (χ1n) is 6.67. The minimum absolute atomic E-state index is 0.0688. The molecule has 0 atom stereocenters. The summed E-state index contributed by atoms with van der Waals surface area (Å²) >= 11 is 0. The van der Waals surface area contributed by atoms with Gasteiger partial charge in [-0.05, 0) is 36.4 Å². The molecule has 0 aromatic heterocycles. The van der Waals surface area contributed by atoms with Gasteiger partial charge in [-0.3, -0.25) is 9.52 Å². The summed E-state index contributed by atoms with van der Waals surface area (Å²) in [6, 6.07) is 11.4. The molecule has 0 aliphatic heterocycles. The van der Waals surface area contributed by atoms with Gasteiger partial charge in [0.25, 0.3) is 5.91 Å². The molecule has 0 unspecified atom stereocenters. The fourth-order valence-electron chi connectivity index (χ4n) is 1.86. The summed E-state index contributed by atoms with van der Waals surface area (Å²) in [5.74, 6) is -0.595. The molecule has 2 aromatic carbocycles. The average molecular weight is 356 g/mol. The second-order valence-electron chi connectivity index (χ2n) is 4.78. The lowest BCUT2D eigenvalue weighted by molar-refractivity contribution is -0.0498. The Hall–Kier alpha value is -2.68. The van der Waals surface area contributed by atoms with Crippen molar-refractivity contribution in [2.45, 2.75) is 6.61 Å². The number of halogens is 2. The van der Waals surface area contributed by atoms with Crippen LogP contribution in [0.5, 0.6) is 5.75 Å². The number of alkyl halides is 2. The smallest absolute Gasteiger partial charge is 0.387 e. The molecule has 128 valence electrons. The van der Waals surface area contributed by atoms with E-state index in [-0.39, 0.29) is 22.7 Å². The highest BCUT2D eigenvalue weighted by Crippen LogP contribution is 2.23. The largest absolute Gasteiger partial charge is 0.435 e. The molecule has 0 bridgehead atoms. The topological polar surface area (TPSA) is 84.5 Å². The van der Waals surface area contributed by atoms with Crippen LogP contribution in [0.3, 0.4) is 0 Å². The van der Waals surface area contributed by atoms with Crippen molar-refractivity contribution in [3.05, 3.63) is 54.1 Å². The number of sulfonamides is 1. The molecular weight excluding hydrogens is 342 g/mol. The summed E-state index contributed by atoms with van der Waals surface area (Å²) in [7, 11) is -3.51. The standard InChI is InChI=1S/C15H14F2N2O4S/c1-24(21,22)19-13-5-3-2-4-12(13)18-14(20)10-6-8-11(9-7-10)23-15(16)17/h2-9,15,19H,1H3,(H,18,20). The summed E-state index contributed by atoms with van der Waals surface area (Å²) < 4.78 is 53.3. The minimum Gasteiger partial charge on any atom is -0.435 e.